The van der Waals surface area contributed by atoms with E-state index < -0.39 is 5.60 Å². The molecule has 4 heteroatoms. The van der Waals surface area contributed by atoms with Crippen molar-refractivity contribution in [3.05, 3.63) is 71.3 Å². The second kappa shape index (κ2) is 10.8. The molecule has 2 atom stereocenters. The van der Waals surface area contributed by atoms with Gasteiger partial charge in [0.25, 0.3) is 0 Å². The van der Waals surface area contributed by atoms with Gasteiger partial charge in [0.05, 0.1) is 6.61 Å². The van der Waals surface area contributed by atoms with Crippen molar-refractivity contribution in [2.24, 2.45) is 0 Å². The van der Waals surface area contributed by atoms with Gasteiger partial charge < -0.3 is 19.5 Å². The average molecular weight is 424 g/mol. The zero-order valence-electron chi connectivity index (χ0n) is 19.6. The zero-order chi connectivity index (χ0) is 22.3. The van der Waals surface area contributed by atoms with Crippen LogP contribution in [0.25, 0.3) is 0 Å². The van der Waals surface area contributed by atoms with Crippen LogP contribution in [0.5, 0.6) is 5.75 Å². The normalized spacial score (nSPS) is 19.8. The molecule has 1 N–H and O–H groups in total. The zero-order valence-corrected chi connectivity index (χ0v) is 19.6. The van der Waals surface area contributed by atoms with Gasteiger partial charge in [-0.25, -0.2) is 0 Å². The summed E-state index contributed by atoms with van der Waals surface area (Å²) in [6, 6.07) is 14.7. The first kappa shape index (κ1) is 23.4. The summed E-state index contributed by atoms with van der Waals surface area (Å²) in [4.78, 5) is 0. The van der Waals surface area contributed by atoms with Crippen LogP contribution in [0.1, 0.15) is 63.3 Å². The third-order valence-electron chi connectivity index (χ3n) is 5.80. The van der Waals surface area contributed by atoms with Gasteiger partial charge >= 0.3 is 0 Å². The van der Waals surface area contributed by atoms with Gasteiger partial charge in [-0.2, -0.15) is 0 Å². The van der Waals surface area contributed by atoms with E-state index in [0.29, 0.717) is 13.2 Å². The molecule has 168 valence electrons. The van der Waals surface area contributed by atoms with E-state index in [1.807, 2.05) is 19.1 Å². The van der Waals surface area contributed by atoms with Crippen LogP contribution in [0.15, 0.2) is 54.6 Å². The quantitative estimate of drug-likeness (QED) is 0.345. The molecule has 0 amide bonds. The van der Waals surface area contributed by atoms with Gasteiger partial charge in [-0.1, -0.05) is 49.8 Å². The van der Waals surface area contributed by atoms with Crippen molar-refractivity contribution in [3.8, 4) is 5.75 Å². The molecule has 2 aromatic carbocycles. The minimum Gasteiger partial charge on any atom is -0.485 e. The molecule has 0 bridgehead atoms. The number of nitrogens with one attached hydrogen (secondary N) is 1. The van der Waals surface area contributed by atoms with Gasteiger partial charge in [-0.3, -0.25) is 0 Å². The van der Waals surface area contributed by atoms with Crippen molar-refractivity contribution in [3.63, 3.8) is 0 Å². The van der Waals surface area contributed by atoms with Crippen molar-refractivity contribution in [1.29, 1.82) is 0 Å². The van der Waals surface area contributed by atoms with Crippen molar-refractivity contribution in [1.82, 2.24) is 0 Å². The highest BCUT2D eigenvalue weighted by atomic mass is 16.6. The molecule has 0 spiro atoms. The summed E-state index contributed by atoms with van der Waals surface area (Å²) >= 11 is 0. The summed E-state index contributed by atoms with van der Waals surface area (Å²) in [6.07, 6.45) is 5.79. The molecule has 31 heavy (non-hydrogen) atoms. The van der Waals surface area contributed by atoms with Crippen LogP contribution < -0.4 is 10.1 Å². The molecule has 0 aromatic heterocycles. The van der Waals surface area contributed by atoms with Crippen LogP contribution in [0, 0.1) is 6.92 Å². The number of hydrogen-bond donors (Lipinski definition) is 1. The second-order valence-electron chi connectivity index (χ2n) is 8.71. The predicted octanol–water partition coefficient (Wildman–Crippen LogP) is 6.60. The molecule has 2 aromatic rings. The van der Waals surface area contributed by atoms with Gasteiger partial charge in [0.1, 0.15) is 23.6 Å². The Balaban J connectivity index is 1.85. The van der Waals surface area contributed by atoms with Gasteiger partial charge in [0, 0.05) is 24.4 Å². The molecule has 4 nitrogen and oxygen atoms in total. The summed E-state index contributed by atoms with van der Waals surface area (Å²) in [5.41, 5.74) is 4.20. The summed E-state index contributed by atoms with van der Waals surface area (Å²) in [6.45, 7) is 12.5. The van der Waals surface area contributed by atoms with Gasteiger partial charge in [-0.05, 0) is 63.4 Å². The van der Waals surface area contributed by atoms with Crippen LogP contribution in [-0.2, 0) is 16.0 Å². The van der Waals surface area contributed by atoms with Crippen LogP contribution >= 0.6 is 0 Å². The number of fused-ring (bicyclic) bond motifs is 1. The van der Waals surface area contributed by atoms with Crippen LogP contribution in [0.4, 0.5) is 5.69 Å². The fraction of sp³-hybridized carbons (Fsp3) is 0.481. The number of benzene rings is 2. The van der Waals surface area contributed by atoms with Gasteiger partial charge in [-0.15, -0.1) is 0 Å². The number of anilines is 1. The maximum atomic E-state index is 6.41. The minimum atomic E-state index is -0.485. The topological polar surface area (TPSA) is 39.7 Å². The molecule has 1 aliphatic rings. The van der Waals surface area contributed by atoms with Gasteiger partial charge in [0.2, 0.25) is 0 Å². The molecule has 2 unspecified atom stereocenters. The van der Waals surface area contributed by atoms with Crippen molar-refractivity contribution >= 4 is 5.69 Å². The van der Waals surface area contributed by atoms with Crippen molar-refractivity contribution in [2.75, 3.05) is 18.5 Å². The Morgan fingerprint density at radius 2 is 1.94 bits per heavy atom. The molecule has 0 radical (unpaired) electrons. The largest absolute Gasteiger partial charge is 0.485 e. The van der Waals surface area contributed by atoms with E-state index in [1.165, 1.54) is 11.1 Å². The fourth-order valence-electron chi connectivity index (χ4n) is 3.92. The van der Waals surface area contributed by atoms with Crippen molar-refractivity contribution in [2.45, 2.75) is 71.8 Å². The molecule has 1 heterocycles. The third-order valence-corrected chi connectivity index (χ3v) is 5.80. The second-order valence-corrected chi connectivity index (χ2v) is 8.71. The van der Waals surface area contributed by atoms with Gasteiger partial charge in [0.15, 0.2) is 0 Å². The summed E-state index contributed by atoms with van der Waals surface area (Å²) < 4.78 is 19.1. The predicted molar refractivity (Wildman–Crippen MR) is 128 cm³/mol. The SMILES string of the molecule is C/C=C/COC1C(OCCCC)c2cc(NCc3ccccc3C)ccc2OC1(C)C. The van der Waals surface area contributed by atoms with E-state index in [4.69, 9.17) is 14.2 Å². The van der Waals surface area contributed by atoms with E-state index in [-0.39, 0.29) is 12.2 Å². The lowest BCUT2D eigenvalue weighted by atomic mass is 9.87. The smallest absolute Gasteiger partial charge is 0.132 e. The first-order valence-corrected chi connectivity index (χ1v) is 11.4. The number of hydrogen-bond acceptors (Lipinski definition) is 4. The maximum absolute atomic E-state index is 6.41. The number of unbranched alkanes of at least 4 members (excludes halogenated alkanes) is 1. The molecular weight excluding hydrogens is 386 g/mol. The van der Waals surface area contributed by atoms with Crippen LogP contribution in [-0.4, -0.2) is 24.9 Å². The standard InChI is InChI=1S/C27H37NO3/c1-6-8-16-29-25-23-18-22(28-19-21-13-11-10-12-20(21)3)14-15-24(23)31-27(4,5)26(25)30-17-9-7-2/h7,9-15,18,25-26,28H,6,8,16-17,19H2,1-5H3/b9-7+. The Bertz CT molecular complexity index is 875. The Kier molecular flexibility index (Phi) is 8.16. The lowest BCUT2D eigenvalue weighted by Gasteiger charge is -2.44. The molecule has 0 saturated carbocycles. The Morgan fingerprint density at radius 3 is 2.68 bits per heavy atom. The number of ether oxygens (including phenoxy) is 3. The van der Waals surface area contributed by atoms with E-state index in [2.05, 4.69) is 75.5 Å². The molecule has 1 aliphatic heterocycles. The molecule has 3 rings (SSSR count). The first-order valence-electron chi connectivity index (χ1n) is 11.4. The van der Waals surface area contributed by atoms with E-state index >= 15 is 0 Å². The monoisotopic (exact) mass is 423 g/mol. The Hall–Kier alpha value is -2.30. The Labute approximate surface area is 187 Å². The van der Waals surface area contributed by atoms with Crippen LogP contribution in [0.2, 0.25) is 0 Å². The number of rotatable bonds is 10. The number of aryl methyl sites for hydroxylation is 1. The highest BCUT2D eigenvalue weighted by Crippen LogP contribution is 2.44. The fourth-order valence-corrected chi connectivity index (χ4v) is 3.92. The Morgan fingerprint density at radius 1 is 1.13 bits per heavy atom. The first-order chi connectivity index (χ1) is 15.0. The highest BCUT2D eigenvalue weighted by Gasteiger charge is 2.45. The summed E-state index contributed by atoms with van der Waals surface area (Å²) in [5.74, 6) is 0.874. The lowest BCUT2D eigenvalue weighted by molar-refractivity contribution is -0.157. The number of allylic oxidation sites excluding steroid dienone is 1. The molecule has 0 saturated heterocycles. The van der Waals surface area contributed by atoms with E-state index in [1.54, 1.807) is 0 Å². The van der Waals surface area contributed by atoms with E-state index in [9.17, 15) is 0 Å². The van der Waals surface area contributed by atoms with E-state index in [0.717, 1.165) is 36.4 Å². The average Bonchev–Trinajstić information content (AvgIpc) is 2.74. The van der Waals surface area contributed by atoms with Crippen molar-refractivity contribution < 1.29 is 14.2 Å². The lowest BCUT2D eigenvalue weighted by Crippen LogP contribution is -2.51. The third kappa shape index (κ3) is 5.90. The summed E-state index contributed by atoms with van der Waals surface area (Å²) in [5, 5.41) is 3.56. The molecular formula is C27H37NO3. The highest BCUT2D eigenvalue weighted by molar-refractivity contribution is 5.54. The minimum absolute atomic E-state index is 0.171. The summed E-state index contributed by atoms with van der Waals surface area (Å²) in [7, 11) is 0. The molecule has 0 fully saturated rings. The van der Waals surface area contributed by atoms with Crippen LogP contribution in [0.3, 0.4) is 0 Å². The molecule has 0 aliphatic carbocycles. The maximum Gasteiger partial charge on any atom is 0.132 e.